The molecule has 2 saturated heterocycles. The molecule has 0 radical (unpaired) electrons. The lowest BCUT2D eigenvalue weighted by molar-refractivity contribution is 0.128. The van der Waals surface area contributed by atoms with Crippen LogP contribution in [0.15, 0.2) is 11.8 Å². The van der Waals surface area contributed by atoms with Gasteiger partial charge in [-0.05, 0) is 49.9 Å². The van der Waals surface area contributed by atoms with E-state index in [4.69, 9.17) is 11.1 Å². The van der Waals surface area contributed by atoms with Crippen LogP contribution in [-0.2, 0) is 0 Å². The maximum absolute atomic E-state index is 8.09. The van der Waals surface area contributed by atoms with Gasteiger partial charge in [-0.3, -0.25) is 4.90 Å². The average molecular weight is 247 g/mol. The van der Waals surface area contributed by atoms with Crippen molar-refractivity contribution in [3.8, 4) is 0 Å². The molecule has 0 aromatic carbocycles. The van der Waals surface area contributed by atoms with Crippen LogP contribution in [-0.4, -0.2) is 28.7 Å². The van der Waals surface area contributed by atoms with Gasteiger partial charge in [0.25, 0.3) is 0 Å². The van der Waals surface area contributed by atoms with E-state index in [0.29, 0.717) is 17.5 Å². The van der Waals surface area contributed by atoms with Crippen molar-refractivity contribution in [1.82, 2.24) is 4.90 Å². The highest BCUT2D eigenvalue weighted by molar-refractivity contribution is 6.01. The Balaban J connectivity index is 1.90. The highest BCUT2D eigenvalue weighted by atomic mass is 15.3. The summed E-state index contributed by atoms with van der Waals surface area (Å²) in [5, 5.41) is 8.09. The van der Waals surface area contributed by atoms with Crippen LogP contribution in [0.4, 0.5) is 0 Å². The Morgan fingerprint density at radius 1 is 1.56 bits per heavy atom. The predicted molar refractivity (Wildman–Crippen MR) is 74.6 cm³/mol. The van der Waals surface area contributed by atoms with E-state index >= 15 is 0 Å². The fourth-order valence-electron chi connectivity index (χ4n) is 4.87. The third-order valence-corrected chi connectivity index (χ3v) is 5.24. The maximum Gasteiger partial charge on any atom is 0.0379 e. The summed E-state index contributed by atoms with van der Waals surface area (Å²) in [6.45, 7) is 5.90. The Bertz CT molecular complexity index is 399. The van der Waals surface area contributed by atoms with Crippen molar-refractivity contribution < 1.29 is 0 Å². The topological polar surface area (TPSA) is 53.1 Å². The third-order valence-electron chi connectivity index (χ3n) is 5.24. The molecular weight excluding hydrogens is 222 g/mol. The summed E-state index contributed by atoms with van der Waals surface area (Å²) in [5.74, 6) is 1.30. The highest BCUT2D eigenvalue weighted by Gasteiger charge is 2.57. The van der Waals surface area contributed by atoms with Crippen molar-refractivity contribution in [2.45, 2.75) is 57.5 Å². The van der Waals surface area contributed by atoms with Crippen LogP contribution in [0.25, 0.3) is 0 Å². The van der Waals surface area contributed by atoms with Gasteiger partial charge in [-0.1, -0.05) is 13.8 Å². The molecule has 3 rings (SSSR count). The largest absolute Gasteiger partial charge is 0.404 e. The van der Waals surface area contributed by atoms with E-state index in [1.165, 1.54) is 32.2 Å². The molecule has 3 fully saturated rings. The number of nitrogens with zero attached hydrogens (tertiary/aromatic N) is 1. The zero-order valence-electron chi connectivity index (χ0n) is 11.6. The Labute approximate surface area is 110 Å². The van der Waals surface area contributed by atoms with E-state index in [-0.39, 0.29) is 0 Å². The quantitative estimate of drug-likeness (QED) is 0.788. The molecule has 3 unspecified atom stereocenters. The van der Waals surface area contributed by atoms with E-state index in [1.807, 2.05) is 0 Å². The Hall–Kier alpha value is -0.830. The van der Waals surface area contributed by atoms with Crippen LogP contribution in [0.2, 0.25) is 0 Å². The molecule has 0 bridgehead atoms. The second kappa shape index (κ2) is 4.09. The summed E-state index contributed by atoms with van der Waals surface area (Å²) in [5.41, 5.74) is 8.11. The van der Waals surface area contributed by atoms with E-state index < -0.39 is 0 Å². The molecule has 0 spiro atoms. The molecule has 2 aliphatic heterocycles. The van der Waals surface area contributed by atoms with Gasteiger partial charge in [0, 0.05) is 29.6 Å². The van der Waals surface area contributed by atoms with Gasteiger partial charge in [0.15, 0.2) is 0 Å². The van der Waals surface area contributed by atoms with Crippen molar-refractivity contribution in [2.75, 3.05) is 6.54 Å². The summed E-state index contributed by atoms with van der Waals surface area (Å²) in [4.78, 5) is 2.74. The van der Waals surface area contributed by atoms with Crippen LogP contribution < -0.4 is 5.73 Å². The SMILES string of the molecule is CC(C)CC12CCCN1C1CC(=N)/C(=C\N)C1C2. The fraction of sp³-hybridized carbons (Fsp3) is 0.800. The van der Waals surface area contributed by atoms with Gasteiger partial charge in [0.1, 0.15) is 0 Å². The lowest BCUT2D eigenvalue weighted by Gasteiger charge is -2.36. The molecule has 18 heavy (non-hydrogen) atoms. The van der Waals surface area contributed by atoms with E-state index in [0.717, 1.165) is 23.6 Å². The van der Waals surface area contributed by atoms with Gasteiger partial charge in [0.05, 0.1) is 0 Å². The number of rotatable bonds is 2. The number of hydrogen-bond donors (Lipinski definition) is 2. The van der Waals surface area contributed by atoms with E-state index in [2.05, 4.69) is 18.7 Å². The highest BCUT2D eigenvalue weighted by Crippen LogP contribution is 2.54. The van der Waals surface area contributed by atoms with Crippen molar-refractivity contribution in [1.29, 1.82) is 5.41 Å². The lowest BCUT2D eigenvalue weighted by atomic mass is 9.81. The molecule has 100 valence electrons. The van der Waals surface area contributed by atoms with Gasteiger partial charge < -0.3 is 11.1 Å². The first-order valence-corrected chi connectivity index (χ1v) is 7.34. The van der Waals surface area contributed by atoms with Crippen molar-refractivity contribution in [2.24, 2.45) is 17.6 Å². The standard InChI is InChI=1S/C15H25N3/c1-10(2)7-15-4-3-5-18(15)14-6-13(17)12(9-16)11(14)8-15/h9-11,14,17H,3-8,16H2,1-2H3/b12-9-,17-13?. The van der Waals surface area contributed by atoms with Crippen LogP contribution in [0.1, 0.15) is 46.0 Å². The molecule has 0 amide bonds. The molecule has 1 aliphatic carbocycles. The first-order chi connectivity index (χ1) is 8.57. The molecular formula is C15H25N3. The normalized spacial score (nSPS) is 41.9. The zero-order chi connectivity index (χ0) is 12.9. The minimum atomic E-state index is 0.429. The van der Waals surface area contributed by atoms with Crippen LogP contribution in [0.5, 0.6) is 0 Å². The Kier molecular flexibility index (Phi) is 2.77. The maximum atomic E-state index is 8.09. The molecule has 2 heterocycles. The summed E-state index contributed by atoms with van der Waals surface area (Å²) in [6.07, 6.45) is 7.87. The number of hydrogen-bond acceptors (Lipinski definition) is 3. The molecule has 1 saturated carbocycles. The molecule has 3 N–H and O–H groups in total. The zero-order valence-corrected chi connectivity index (χ0v) is 11.6. The smallest absolute Gasteiger partial charge is 0.0379 e. The second-order valence-corrected chi connectivity index (χ2v) is 6.80. The van der Waals surface area contributed by atoms with Crippen molar-refractivity contribution in [3.63, 3.8) is 0 Å². The minimum absolute atomic E-state index is 0.429. The summed E-state index contributed by atoms with van der Waals surface area (Å²) >= 11 is 0. The monoisotopic (exact) mass is 247 g/mol. The number of nitrogens with two attached hydrogens (primary N) is 1. The minimum Gasteiger partial charge on any atom is -0.404 e. The van der Waals surface area contributed by atoms with Gasteiger partial charge in [-0.15, -0.1) is 0 Å². The predicted octanol–water partition coefficient (Wildman–Crippen LogP) is 2.52. The molecule has 0 aromatic rings. The van der Waals surface area contributed by atoms with Crippen LogP contribution in [0, 0.1) is 17.2 Å². The second-order valence-electron chi connectivity index (χ2n) is 6.80. The van der Waals surface area contributed by atoms with Gasteiger partial charge in [-0.25, -0.2) is 0 Å². The Morgan fingerprint density at radius 2 is 2.33 bits per heavy atom. The van der Waals surface area contributed by atoms with Crippen molar-refractivity contribution >= 4 is 5.71 Å². The summed E-state index contributed by atoms with van der Waals surface area (Å²) < 4.78 is 0. The van der Waals surface area contributed by atoms with E-state index in [1.54, 1.807) is 6.20 Å². The van der Waals surface area contributed by atoms with Gasteiger partial charge >= 0.3 is 0 Å². The van der Waals surface area contributed by atoms with Crippen molar-refractivity contribution in [3.05, 3.63) is 11.8 Å². The summed E-state index contributed by atoms with van der Waals surface area (Å²) in [6, 6.07) is 0.577. The van der Waals surface area contributed by atoms with E-state index in [9.17, 15) is 0 Å². The van der Waals surface area contributed by atoms with Crippen LogP contribution in [0.3, 0.4) is 0 Å². The lowest BCUT2D eigenvalue weighted by Crippen LogP contribution is -2.43. The molecule has 3 aliphatic rings. The average Bonchev–Trinajstić information content (AvgIpc) is 2.86. The molecule has 3 atom stereocenters. The molecule has 3 heteroatoms. The van der Waals surface area contributed by atoms with Gasteiger partial charge in [-0.2, -0.15) is 0 Å². The first-order valence-electron chi connectivity index (χ1n) is 7.34. The first kappa shape index (κ1) is 12.2. The number of nitrogens with one attached hydrogen (secondary N) is 1. The third kappa shape index (κ3) is 1.56. The summed E-state index contributed by atoms with van der Waals surface area (Å²) in [7, 11) is 0. The fourth-order valence-corrected chi connectivity index (χ4v) is 4.87. The Morgan fingerprint density at radius 3 is 3.00 bits per heavy atom. The molecule has 0 aromatic heterocycles. The van der Waals surface area contributed by atoms with Gasteiger partial charge in [0.2, 0.25) is 0 Å². The number of fused-ring (bicyclic) bond motifs is 3. The molecule has 3 nitrogen and oxygen atoms in total. The van der Waals surface area contributed by atoms with Crippen LogP contribution >= 0.6 is 0 Å².